The number of rotatable bonds is 6. The molecule has 7 nitrogen and oxygen atoms in total. The van der Waals surface area contributed by atoms with E-state index in [4.69, 9.17) is 5.73 Å². The van der Waals surface area contributed by atoms with Gasteiger partial charge in [0.15, 0.2) is 0 Å². The molecule has 0 aliphatic rings. The summed E-state index contributed by atoms with van der Waals surface area (Å²) in [5.74, 6) is 5.33. The summed E-state index contributed by atoms with van der Waals surface area (Å²) in [5, 5.41) is 15.4. The third kappa shape index (κ3) is 4.85. The third-order valence-corrected chi connectivity index (χ3v) is 4.71. The molecule has 3 N–H and O–H groups in total. The van der Waals surface area contributed by atoms with Crippen molar-refractivity contribution in [3.05, 3.63) is 47.8 Å². The van der Waals surface area contributed by atoms with Crippen LogP contribution < -0.4 is 5.73 Å². The quantitative estimate of drug-likeness (QED) is 0.614. The first-order valence-corrected chi connectivity index (χ1v) is 9.89. The number of hydrogen-bond donors (Lipinski definition) is 2. The van der Waals surface area contributed by atoms with Gasteiger partial charge in [-0.1, -0.05) is 24.0 Å². The van der Waals surface area contributed by atoms with Gasteiger partial charge < -0.3 is 15.7 Å². The van der Waals surface area contributed by atoms with E-state index in [-0.39, 0.29) is 11.7 Å². The van der Waals surface area contributed by atoms with Gasteiger partial charge in [-0.25, -0.2) is 4.98 Å². The minimum atomic E-state index is -0.691. The minimum absolute atomic E-state index is 0.124. The van der Waals surface area contributed by atoms with Crippen LogP contribution in [0.4, 0.5) is 0 Å². The van der Waals surface area contributed by atoms with Crippen LogP contribution in [0.3, 0.4) is 0 Å². The van der Waals surface area contributed by atoms with Crippen LogP contribution >= 0.6 is 0 Å². The molecular formula is C23H27N5O2. The second kappa shape index (κ2) is 9.08. The number of benzene rings is 1. The van der Waals surface area contributed by atoms with E-state index in [9.17, 15) is 9.90 Å². The Hall–Kier alpha value is -3.21. The lowest BCUT2D eigenvalue weighted by Crippen LogP contribution is -2.18. The molecule has 30 heavy (non-hydrogen) atoms. The van der Waals surface area contributed by atoms with Crippen LogP contribution in [0.15, 0.2) is 36.5 Å². The fourth-order valence-corrected chi connectivity index (χ4v) is 3.16. The second-order valence-corrected chi connectivity index (χ2v) is 7.79. The number of pyridine rings is 1. The lowest BCUT2D eigenvalue weighted by Gasteiger charge is -2.10. The first-order chi connectivity index (χ1) is 14.3. The van der Waals surface area contributed by atoms with Gasteiger partial charge in [-0.05, 0) is 52.6 Å². The molecule has 1 amide bonds. The molecule has 0 fully saturated rings. The minimum Gasteiger partial charge on any atom is -0.380 e. The molecule has 0 saturated heterocycles. The second-order valence-electron chi connectivity index (χ2n) is 7.79. The van der Waals surface area contributed by atoms with Crippen LogP contribution in [0.25, 0.3) is 22.2 Å². The van der Waals surface area contributed by atoms with E-state index in [1.54, 1.807) is 12.3 Å². The van der Waals surface area contributed by atoms with Gasteiger partial charge in [0.1, 0.15) is 11.8 Å². The molecule has 0 spiro atoms. The monoisotopic (exact) mass is 405 g/mol. The number of amides is 1. The van der Waals surface area contributed by atoms with E-state index in [2.05, 4.69) is 21.9 Å². The van der Waals surface area contributed by atoms with Gasteiger partial charge in [-0.3, -0.25) is 9.48 Å². The van der Waals surface area contributed by atoms with E-state index in [0.717, 1.165) is 28.6 Å². The van der Waals surface area contributed by atoms with Crippen LogP contribution in [0, 0.1) is 11.8 Å². The number of carbonyl (C=O) groups is 1. The SMILES string of the molecule is CC(C)n1ncc2c(-c3cccc(C#C[C@H](O)CCN(C)C)c3)nc(C(N)=O)cc21. The molecular weight excluding hydrogens is 378 g/mol. The third-order valence-electron chi connectivity index (χ3n) is 4.71. The van der Waals surface area contributed by atoms with E-state index >= 15 is 0 Å². The summed E-state index contributed by atoms with van der Waals surface area (Å²) < 4.78 is 1.84. The number of carbonyl (C=O) groups excluding carboxylic acids is 1. The molecule has 0 unspecified atom stereocenters. The van der Waals surface area contributed by atoms with Crippen molar-refractivity contribution in [3.8, 4) is 23.1 Å². The molecule has 1 atom stereocenters. The van der Waals surface area contributed by atoms with Crippen LogP contribution in [-0.4, -0.2) is 57.4 Å². The maximum atomic E-state index is 11.9. The Kier molecular flexibility index (Phi) is 6.50. The fraction of sp³-hybridized carbons (Fsp3) is 0.348. The molecule has 0 radical (unpaired) electrons. The number of fused-ring (bicyclic) bond motifs is 1. The molecule has 0 saturated carbocycles. The summed E-state index contributed by atoms with van der Waals surface area (Å²) in [6.45, 7) is 4.81. The van der Waals surface area contributed by atoms with Gasteiger partial charge in [0, 0.05) is 29.1 Å². The summed E-state index contributed by atoms with van der Waals surface area (Å²) in [5.41, 5.74) is 8.71. The Bertz CT molecular complexity index is 1120. The first-order valence-electron chi connectivity index (χ1n) is 9.89. The molecule has 0 bridgehead atoms. The highest BCUT2D eigenvalue weighted by atomic mass is 16.3. The lowest BCUT2D eigenvalue weighted by molar-refractivity contribution is 0.0996. The van der Waals surface area contributed by atoms with Gasteiger partial charge in [0.25, 0.3) is 5.91 Å². The number of hydrogen-bond acceptors (Lipinski definition) is 5. The average molecular weight is 406 g/mol. The Morgan fingerprint density at radius 1 is 1.30 bits per heavy atom. The highest BCUT2D eigenvalue weighted by Crippen LogP contribution is 2.29. The van der Waals surface area contributed by atoms with Crippen LogP contribution in [-0.2, 0) is 0 Å². The predicted octanol–water partition coefficient (Wildman–Crippen LogP) is 2.44. The van der Waals surface area contributed by atoms with Crippen LogP contribution in [0.5, 0.6) is 0 Å². The molecule has 156 valence electrons. The maximum absolute atomic E-state index is 11.9. The summed E-state index contributed by atoms with van der Waals surface area (Å²) in [4.78, 5) is 18.4. The highest BCUT2D eigenvalue weighted by Gasteiger charge is 2.16. The van der Waals surface area contributed by atoms with Crippen molar-refractivity contribution >= 4 is 16.8 Å². The number of nitrogens with zero attached hydrogens (tertiary/aromatic N) is 4. The van der Waals surface area contributed by atoms with E-state index in [1.165, 1.54) is 0 Å². The summed E-state index contributed by atoms with van der Waals surface area (Å²) in [7, 11) is 3.91. The van der Waals surface area contributed by atoms with Gasteiger partial charge in [-0.15, -0.1) is 0 Å². The summed E-state index contributed by atoms with van der Waals surface area (Å²) in [6, 6.07) is 9.36. The number of nitrogens with two attached hydrogens (primary N) is 1. The normalized spacial score (nSPS) is 12.2. The van der Waals surface area contributed by atoms with E-state index < -0.39 is 12.0 Å². The van der Waals surface area contributed by atoms with Gasteiger partial charge in [-0.2, -0.15) is 5.10 Å². The standard InChI is InChI=1S/C23H27N5O2/c1-15(2)28-21-13-20(23(24)30)26-22(19(21)14-25-28)17-7-5-6-16(12-17)8-9-18(29)10-11-27(3)4/h5-7,12-15,18,29H,10-11H2,1-4H3,(H2,24,30)/t18-/m0/s1. The van der Waals surface area contributed by atoms with Crippen molar-refractivity contribution < 1.29 is 9.90 Å². The van der Waals surface area contributed by atoms with Crippen LogP contribution in [0.1, 0.15) is 42.4 Å². The number of aliphatic hydroxyl groups is 1. The Morgan fingerprint density at radius 2 is 2.07 bits per heavy atom. The van der Waals surface area contributed by atoms with Crippen molar-refractivity contribution in [3.63, 3.8) is 0 Å². The van der Waals surface area contributed by atoms with E-state index in [1.807, 2.05) is 61.8 Å². The molecule has 1 aromatic carbocycles. The largest absolute Gasteiger partial charge is 0.380 e. The van der Waals surface area contributed by atoms with Crippen LogP contribution in [0.2, 0.25) is 0 Å². The number of primary amides is 1. The predicted molar refractivity (Wildman–Crippen MR) is 118 cm³/mol. The van der Waals surface area contributed by atoms with Gasteiger partial charge >= 0.3 is 0 Å². The Balaban J connectivity index is 2.02. The van der Waals surface area contributed by atoms with Crippen molar-refractivity contribution in [2.75, 3.05) is 20.6 Å². The zero-order valence-electron chi connectivity index (χ0n) is 17.8. The highest BCUT2D eigenvalue weighted by molar-refractivity contribution is 5.99. The molecule has 3 rings (SSSR count). The molecule has 7 heteroatoms. The Morgan fingerprint density at radius 3 is 2.73 bits per heavy atom. The molecule has 0 aliphatic carbocycles. The first kappa shape index (κ1) is 21.5. The average Bonchev–Trinajstić information content (AvgIpc) is 3.14. The zero-order chi connectivity index (χ0) is 21.8. The fourth-order valence-electron chi connectivity index (χ4n) is 3.16. The van der Waals surface area contributed by atoms with Crippen molar-refractivity contribution in [1.29, 1.82) is 0 Å². The summed E-state index contributed by atoms with van der Waals surface area (Å²) >= 11 is 0. The molecule has 3 aromatic rings. The summed E-state index contributed by atoms with van der Waals surface area (Å²) in [6.07, 6.45) is 1.64. The van der Waals surface area contributed by atoms with E-state index in [0.29, 0.717) is 12.1 Å². The number of aromatic nitrogens is 3. The smallest absolute Gasteiger partial charge is 0.267 e. The molecule has 2 heterocycles. The van der Waals surface area contributed by atoms with Crippen molar-refractivity contribution in [1.82, 2.24) is 19.7 Å². The number of aliphatic hydroxyl groups excluding tert-OH is 1. The van der Waals surface area contributed by atoms with Crippen molar-refractivity contribution in [2.45, 2.75) is 32.4 Å². The van der Waals surface area contributed by atoms with Gasteiger partial charge in [0.05, 0.1) is 17.4 Å². The maximum Gasteiger partial charge on any atom is 0.267 e. The van der Waals surface area contributed by atoms with Gasteiger partial charge in [0.2, 0.25) is 0 Å². The van der Waals surface area contributed by atoms with Crippen molar-refractivity contribution in [2.24, 2.45) is 5.73 Å². The lowest BCUT2D eigenvalue weighted by atomic mass is 10.0. The zero-order valence-corrected chi connectivity index (χ0v) is 17.8. The molecule has 0 aliphatic heterocycles. The molecule has 2 aromatic heterocycles. The topological polar surface area (TPSA) is 97.3 Å². The Labute approximate surface area is 176 Å².